The summed E-state index contributed by atoms with van der Waals surface area (Å²) in [6.45, 7) is 22.1. The van der Waals surface area contributed by atoms with Crippen LogP contribution >= 0.6 is 8.58 Å². The van der Waals surface area contributed by atoms with E-state index >= 15 is 0 Å². The van der Waals surface area contributed by atoms with Crippen LogP contribution in [0.25, 0.3) is 0 Å². The van der Waals surface area contributed by atoms with Gasteiger partial charge in [-0.05, 0) is 47.7 Å². The van der Waals surface area contributed by atoms with Gasteiger partial charge in [0.15, 0.2) is 5.52 Å². The Balaban J connectivity index is 0.00000529. The molecule has 0 aliphatic heterocycles. The fourth-order valence-electron chi connectivity index (χ4n) is 2.75. The molecule has 0 aliphatic rings. The summed E-state index contributed by atoms with van der Waals surface area (Å²) in [5.41, 5.74) is 5.05. The summed E-state index contributed by atoms with van der Waals surface area (Å²) in [6.07, 6.45) is 0.924. The Labute approximate surface area is 163 Å². The predicted molar refractivity (Wildman–Crippen MR) is 111 cm³/mol. The molecule has 0 spiro atoms. The van der Waals surface area contributed by atoms with Crippen LogP contribution in [-0.4, -0.2) is 30.5 Å². The van der Waals surface area contributed by atoms with Crippen LogP contribution in [0.1, 0.15) is 96.3 Å². The summed E-state index contributed by atoms with van der Waals surface area (Å²) in [5.74, 6) is 0. The normalized spacial score (nSPS) is 13.2. The SMILES string of the molecule is CCPC(=O)c1c(C(C)(C)C)cc(C(C)(C)C)cc1C(C)(C)C.[Li]. The standard InChI is InChI=1S/C21H35OP.Li/c1-11-23-18(22)17-15(20(5,6)7)12-14(19(2,3)4)13-16(17)21(8,9)10;/h12-13,23H,11H2,1-10H3;. The molecular formula is C21H35LiOP. The molecule has 0 saturated carbocycles. The smallest absolute Gasteiger partial charge is 0.181 e. The Morgan fingerprint density at radius 2 is 1.21 bits per heavy atom. The molecule has 1 aromatic carbocycles. The van der Waals surface area contributed by atoms with Crippen molar-refractivity contribution in [3.8, 4) is 0 Å². The fraction of sp³-hybridized carbons (Fsp3) is 0.667. The topological polar surface area (TPSA) is 17.1 Å². The van der Waals surface area contributed by atoms with Gasteiger partial charge in [-0.1, -0.05) is 81.4 Å². The maximum Gasteiger partial charge on any atom is 0.181 e. The van der Waals surface area contributed by atoms with Crippen molar-refractivity contribution in [1.82, 2.24) is 0 Å². The molecule has 1 radical (unpaired) electrons. The van der Waals surface area contributed by atoms with Gasteiger partial charge in [-0.15, -0.1) is 0 Å². The van der Waals surface area contributed by atoms with Gasteiger partial charge in [0, 0.05) is 24.4 Å². The minimum absolute atomic E-state index is 0. The van der Waals surface area contributed by atoms with E-state index in [4.69, 9.17) is 0 Å². The van der Waals surface area contributed by atoms with Crippen molar-refractivity contribution in [3.63, 3.8) is 0 Å². The van der Waals surface area contributed by atoms with Gasteiger partial charge in [0.2, 0.25) is 0 Å². The minimum Gasteiger partial charge on any atom is -0.289 e. The number of carbonyl (C=O) groups is 1. The van der Waals surface area contributed by atoms with Crippen LogP contribution in [-0.2, 0) is 16.2 Å². The van der Waals surface area contributed by atoms with Crippen LogP contribution in [0.15, 0.2) is 12.1 Å². The van der Waals surface area contributed by atoms with Gasteiger partial charge in [-0.2, -0.15) is 0 Å². The molecule has 0 saturated heterocycles. The van der Waals surface area contributed by atoms with Crippen LogP contribution in [0.2, 0.25) is 0 Å². The third kappa shape index (κ3) is 5.73. The Morgan fingerprint density at radius 3 is 1.46 bits per heavy atom. The van der Waals surface area contributed by atoms with Crippen molar-refractivity contribution in [1.29, 1.82) is 0 Å². The average molecular weight is 341 g/mol. The van der Waals surface area contributed by atoms with Gasteiger partial charge in [-0.3, -0.25) is 4.79 Å². The maximum atomic E-state index is 13.0. The van der Waals surface area contributed by atoms with Crippen molar-refractivity contribution in [2.45, 2.75) is 85.5 Å². The van der Waals surface area contributed by atoms with E-state index < -0.39 is 0 Å². The zero-order chi connectivity index (χ0) is 18.2. The Bertz CT molecular complexity index is 548. The van der Waals surface area contributed by atoms with Crippen molar-refractivity contribution in [2.24, 2.45) is 0 Å². The van der Waals surface area contributed by atoms with E-state index in [1.165, 1.54) is 16.7 Å². The third-order valence-corrected chi connectivity index (χ3v) is 5.11. The van der Waals surface area contributed by atoms with E-state index in [9.17, 15) is 4.79 Å². The van der Waals surface area contributed by atoms with Crippen molar-refractivity contribution >= 4 is 33.0 Å². The minimum atomic E-state index is -0.0372. The molecule has 0 N–H and O–H groups in total. The predicted octanol–water partition coefficient (Wildman–Crippen LogP) is 6.04. The van der Waals surface area contributed by atoms with E-state index in [2.05, 4.69) is 81.4 Å². The first-order valence-corrected chi connectivity index (χ1v) is 9.88. The number of carbonyl (C=O) groups excluding carboxylic acids is 1. The van der Waals surface area contributed by atoms with Gasteiger partial charge >= 0.3 is 0 Å². The van der Waals surface area contributed by atoms with E-state index in [1.54, 1.807) is 0 Å². The molecule has 1 unspecified atom stereocenters. The van der Waals surface area contributed by atoms with Gasteiger partial charge in [0.05, 0.1) is 0 Å². The summed E-state index contributed by atoms with van der Waals surface area (Å²) in [5, 5.41) is 0. The first kappa shape index (κ1) is 23.9. The van der Waals surface area contributed by atoms with Crippen molar-refractivity contribution < 1.29 is 4.79 Å². The second-order valence-corrected chi connectivity index (χ2v) is 11.1. The van der Waals surface area contributed by atoms with Crippen LogP contribution in [0.5, 0.6) is 0 Å². The van der Waals surface area contributed by atoms with Crippen molar-refractivity contribution in [2.75, 3.05) is 6.16 Å². The summed E-state index contributed by atoms with van der Waals surface area (Å²) in [7, 11) is 0.362. The third-order valence-electron chi connectivity index (χ3n) is 4.18. The van der Waals surface area contributed by atoms with Gasteiger partial charge in [0.1, 0.15) is 0 Å². The van der Waals surface area contributed by atoms with E-state index in [0.717, 1.165) is 11.7 Å². The number of rotatable bonds is 3. The Kier molecular flexibility index (Phi) is 8.05. The molecule has 131 valence electrons. The molecule has 0 heterocycles. The van der Waals surface area contributed by atoms with E-state index in [0.29, 0.717) is 14.1 Å². The monoisotopic (exact) mass is 341 g/mol. The molecule has 24 heavy (non-hydrogen) atoms. The average Bonchev–Trinajstić information content (AvgIpc) is 2.34. The second kappa shape index (κ2) is 8.08. The molecule has 0 aromatic heterocycles. The molecule has 3 heteroatoms. The number of hydrogen-bond acceptors (Lipinski definition) is 1. The van der Waals surface area contributed by atoms with E-state index in [-0.39, 0.29) is 35.1 Å². The summed E-state index contributed by atoms with van der Waals surface area (Å²) >= 11 is 0. The van der Waals surface area contributed by atoms with Gasteiger partial charge in [-0.25, -0.2) is 0 Å². The summed E-state index contributed by atoms with van der Waals surface area (Å²) < 4.78 is 0. The Morgan fingerprint density at radius 1 is 0.833 bits per heavy atom. The first-order chi connectivity index (χ1) is 10.2. The molecule has 1 atom stereocenters. The molecule has 1 aromatic rings. The quantitative estimate of drug-likeness (QED) is 0.484. The first-order valence-electron chi connectivity index (χ1n) is 8.67. The molecule has 0 amide bonds. The van der Waals surface area contributed by atoms with Crippen LogP contribution in [0.4, 0.5) is 0 Å². The summed E-state index contributed by atoms with van der Waals surface area (Å²) in [4.78, 5) is 13.0. The zero-order valence-corrected chi connectivity index (χ0v) is 18.8. The Hall–Kier alpha value is -0.0826. The number of hydrogen-bond donors (Lipinski definition) is 0. The van der Waals surface area contributed by atoms with Gasteiger partial charge < -0.3 is 0 Å². The second-order valence-electron chi connectivity index (χ2n) is 9.56. The maximum absolute atomic E-state index is 13.0. The number of benzene rings is 1. The molecule has 0 aliphatic carbocycles. The van der Waals surface area contributed by atoms with E-state index in [1.807, 2.05) is 0 Å². The van der Waals surface area contributed by atoms with Gasteiger partial charge in [0.25, 0.3) is 0 Å². The van der Waals surface area contributed by atoms with Crippen molar-refractivity contribution in [3.05, 3.63) is 34.4 Å². The van der Waals surface area contributed by atoms with Crippen LogP contribution in [0, 0.1) is 0 Å². The molecular weight excluding hydrogens is 306 g/mol. The summed E-state index contributed by atoms with van der Waals surface area (Å²) in [6, 6.07) is 4.56. The zero-order valence-electron chi connectivity index (χ0n) is 17.8. The molecule has 1 rings (SSSR count). The largest absolute Gasteiger partial charge is 0.289 e. The molecule has 0 bridgehead atoms. The molecule has 1 nitrogen and oxygen atoms in total. The molecule has 0 fully saturated rings. The fourth-order valence-corrected chi connectivity index (χ4v) is 3.52. The van der Waals surface area contributed by atoms with Crippen LogP contribution in [0.3, 0.4) is 0 Å². The van der Waals surface area contributed by atoms with Crippen LogP contribution < -0.4 is 0 Å².